The van der Waals surface area contributed by atoms with E-state index < -0.39 is 24.9 Å². The standard InChI is InChI=1S/C11H12F4N2O2/c1-19-9(18)6-3-2-4-7(8(6)16)17-5-11(14,15)10(12)13/h2-4,10,17H,5,16H2,1H3. The highest BCUT2D eigenvalue weighted by Gasteiger charge is 2.40. The molecule has 106 valence electrons. The van der Waals surface area contributed by atoms with E-state index in [1.807, 2.05) is 0 Å². The van der Waals surface area contributed by atoms with Gasteiger partial charge in [-0.3, -0.25) is 0 Å². The molecule has 0 amide bonds. The number of hydrogen-bond acceptors (Lipinski definition) is 4. The minimum absolute atomic E-state index is 0.0344. The Labute approximate surface area is 106 Å². The lowest BCUT2D eigenvalue weighted by Gasteiger charge is -2.18. The Hall–Kier alpha value is -1.99. The molecule has 0 spiro atoms. The molecule has 8 heteroatoms. The quantitative estimate of drug-likeness (QED) is 0.494. The van der Waals surface area contributed by atoms with Gasteiger partial charge in [0, 0.05) is 0 Å². The molecule has 0 aliphatic rings. The highest BCUT2D eigenvalue weighted by Crippen LogP contribution is 2.27. The van der Waals surface area contributed by atoms with Crippen LogP contribution in [0, 0.1) is 0 Å². The molecule has 0 aliphatic carbocycles. The van der Waals surface area contributed by atoms with Gasteiger partial charge in [-0.05, 0) is 12.1 Å². The molecule has 1 aromatic rings. The molecule has 1 aromatic carbocycles. The highest BCUT2D eigenvalue weighted by atomic mass is 19.3. The smallest absolute Gasteiger partial charge is 0.340 e. The fourth-order valence-electron chi connectivity index (χ4n) is 1.30. The highest BCUT2D eigenvalue weighted by molar-refractivity contribution is 5.98. The van der Waals surface area contributed by atoms with Gasteiger partial charge in [-0.1, -0.05) is 6.07 Å². The molecular weight excluding hydrogens is 268 g/mol. The van der Waals surface area contributed by atoms with Crippen LogP contribution in [0.2, 0.25) is 0 Å². The van der Waals surface area contributed by atoms with E-state index >= 15 is 0 Å². The minimum Gasteiger partial charge on any atom is -0.465 e. The van der Waals surface area contributed by atoms with Crippen molar-refractivity contribution in [3.63, 3.8) is 0 Å². The summed E-state index contributed by atoms with van der Waals surface area (Å²) in [6.07, 6.45) is -3.79. The Kier molecular flexibility index (Phi) is 4.57. The lowest BCUT2D eigenvalue weighted by Crippen LogP contribution is -2.35. The molecule has 0 aromatic heterocycles. The summed E-state index contributed by atoms with van der Waals surface area (Å²) in [4.78, 5) is 11.3. The van der Waals surface area contributed by atoms with Crippen molar-refractivity contribution in [1.29, 1.82) is 0 Å². The third-order valence-electron chi connectivity index (χ3n) is 2.35. The van der Waals surface area contributed by atoms with Crippen LogP contribution in [0.3, 0.4) is 0 Å². The number of nitrogens with two attached hydrogens (primary N) is 1. The van der Waals surface area contributed by atoms with Gasteiger partial charge >= 0.3 is 18.3 Å². The first-order chi connectivity index (χ1) is 8.79. The van der Waals surface area contributed by atoms with Crippen molar-refractivity contribution in [1.82, 2.24) is 0 Å². The molecular formula is C11H12F4N2O2. The van der Waals surface area contributed by atoms with E-state index in [-0.39, 0.29) is 16.9 Å². The number of anilines is 2. The van der Waals surface area contributed by atoms with E-state index in [0.29, 0.717) is 0 Å². The topological polar surface area (TPSA) is 64.3 Å². The zero-order valence-electron chi connectivity index (χ0n) is 9.92. The zero-order valence-corrected chi connectivity index (χ0v) is 9.92. The van der Waals surface area contributed by atoms with E-state index in [4.69, 9.17) is 5.73 Å². The SMILES string of the molecule is COC(=O)c1cccc(NCC(F)(F)C(F)F)c1N. The molecule has 19 heavy (non-hydrogen) atoms. The van der Waals surface area contributed by atoms with Crippen molar-refractivity contribution in [3.05, 3.63) is 23.8 Å². The summed E-state index contributed by atoms with van der Waals surface area (Å²) in [5.41, 5.74) is 5.36. The summed E-state index contributed by atoms with van der Waals surface area (Å²) in [7, 11) is 1.13. The average molecular weight is 280 g/mol. The second kappa shape index (κ2) is 5.77. The van der Waals surface area contributed by atoms with Crippen molar-refractivity contribution < 1.29 is 27.1 Å². The summed E-state index contributed by atoms with van der Waals surface area (Å²) in [6, 6.07) is 3.99. The number of ether oxygens (including phenoxy) is 1. The number of rotatable bonds is 5. The van der Waals surface area contributed by atoms with Gasteiger partial charge in [0.05, 0.1) is 30.6 Å². The summed E-state index contributed by atoms with van der Waals surface area (Å²) >= 11 is 0. The van der Waals surface area contributed by atoms with Gasteiger partial charge in [0.15, 0.2) is 0 Å². The fraction of sp³-hybridized carbons (Fsp3) is 0.364. The van der Waals surface area contributed by atoms with E-state index in [0.717, 1.165) is 7.11 Å². The largest absolute Gasteiger partial charge is 0.465 e. The summed E-state index contributed by atoms with van der Waals surface area (Å²) in [5.74, 6) is -4.94. The van der Waals surface area contributed by atoms with E-state index in [1.54, 1.807) is 0 Å². The Morgan fingerprint density at radius 2 is 2.11 bits per heavy atom. The van der Waals surface area contributed by atoms with Gasteiger partial charge in [-0.15, -0.1) is 0 Å². The van der Waals surface area contributed by atoms with Crippen LogP contribution in [0.1, 0.15) is 10.4 Å². The number of carbonyl (C=O) groups excluding carboxylic acids is 1. The van der Waals surface area contributed by atoms with Crippen LogP contribution in [-0.4, -0.2) is 32.0 Å². The van der Waals surface area contributed by atoms with E-state index in [1.165, 1.54) is 18.2 Å². The molecule has 0 fully saturated rings. The number of esters is 1. The molecule has 0 radical (unpaired) electrons. The minimum atomic E-state index is -4.19. The van der Waals surface area contributed by atoms with Crippen LogP contribution in [0.5, 0.6) is 0 Å². The predicted octanol–water partition coefficient (Wildman–Crippen LogP) is 2.37. The normalized spacial score (nSPS) is 11.5. The van der Waals surface area contributed by atoms with Crippen molar-refractivity contribution >= 4 is 17.3 Å². The molecule has 0 atom stereocenters. The number of hydrogen-bond donors (Lipinski definition) is 2. The first kappa shape index (κ1) is 15.1. The van der Waals surface area contributed by atoms with Crippen LogP contribution in [0.4, 0.5) is 28.9 Å². The molecule has 0 heterocycles. The zero-order chi connectivity index (χ0) is 14.6. The maximum Gasteiger partial charge on any atom is 0.340 e. The summed E-state index contributed by atoms with van der Waals surface area (Å²) in [5, 5.41) is 2.09. The molecule has 1 rings (SSSR count). The van der Waals surface area contributed by atoms with Crippen LogP contribution in [0.25, 0.3) is 0 Å². The predicted molar refractivity (Wildman–Crippen MR) is 61.6 cm³/mol. The number of carbonyl (C=O) groups is 1. The number of methoxy groups -OCH3 is 1. The Bertz CT molecular complexity index is 466. The van der Waals surface area contributed by atoms with Crippen LogP contribution >= 0.6 is 0 Å². The van der Waals surface area contributed by atoms with Crippen molar-refractivity contribution in [2.75, 3.05) is 24.7 Å². The molecule has 0 bridgehead atoms. The monoisotopic (exact) mass is 280 g/mol. The summed E-state index contributed by atoms with van der Waals surface area (Å²) in [6.45, 7) is -1.29. The third kappa shape index (κ3) is 3.49. The average Bonchev–Trinajstić information content (AvgIpc) is 2.36. The van der Waals surface area contributed by atoms with Gasteiger partial charge < -0.3 is 15.8 Å². The lowest BCUT2D eigenvalue weighted by atomic mass is 10.1. The second-order valence-corrected chi connectivity index (χ2v) is 3.67. The Balaban J connectivity index is 2.89. The first-order valence-electron chi connectivity index (χ1n) is 5.16. The van der Waals surface area contributed by atoms with E-state index in [9.17, 15) is 22.4 Å². The van der Waals surface area contributed by atoms with Gasteiger partial charge in [0.25, 0.3) is 0 Å². The third-order valence-corrected chi connectivity index (χ3v) is 2.35. The molecule has 0 saturated carbocycles. The van der Waals surface area contributed by atoms with Crippen molar-refractivity contribution in [2.45, 2.75) is 12.3 Å². The lowest BCUT2D eigenvalue weighted by molar-refractivity contribution is -0.117. The fourth-order valence-corrected chi connectivity index (χ4v) is 1.30. The van der Waals surface area contributed by atoms with Crippen LogP contribution in [0.15, 0.2) is 18.2 Å². The number of nitrogens with one attached hydrogen (secondary N) is 1. The van der Waals surface area contributed by atoms with Gasteiger partial charge in [0.1, 0.15) is 0 Å². The van der Waals surface area contributed by atoms with Crippen molar-refractivity contribution in [3.8, 4) is 0 Å². The van der Waals surface area contributed by atoms with Crippen LogP contribution in [-0.2, 0) is 4.74 Å². The molecule has 0 aliphatic heterocycles. The molecule has 0 unspecified atom stereocenters. The number of para-hydroxylation sites is 1. The maximum atomic E-state index is 12.7. The first-order valence-corrected chi connectivity index (χ1v) is 5.16. The second-order valence-electron chi connectivity index (χ2n) is 3.67. The number of alkyl halides is 4. The number of nitrogen functional groups attached to an aromatic ring is 1. The number of benzene rings is 1. The summed E-state index contributed by atoms with van der Waals surface area (Å²) < 4.78 is 53.9. The van der Waals surface area contributed by atoms with E-state index in [2.05, 4.69) is 10.1 Å². The Morgan fingerprint density at radius 1 is 1.47 bits per heavy atom. The molecule has 0 saturated heterocycles. The van der Waals surface area contributed by atoms with Gasteiger partial charge in [-0.2, -0.15) is 8.78 Å². The molecule has 3 N–H and O–H groups in total. The molecule has 4 nitrogen and oxygen atoms in total. The number of halogens is 4. The van der Waals surface area contributed by atoms with Crippen LogP contribution < -0.4 is 11.1 Å². The van der Waals surface area contributed by atoms with Crippen molar-refractivity contribution in [2.24, 2.45) is 0 Å². The Morgan fingerprint density at radius 3 is 2.63 bits per heavy atom. The van der Waals surface area contributed by atoms with Gasteiger partial charge in [0.2, 0.25) is 0 Å². The maximum absolute atomic E-state index is 12.7. The van der Waals surface area contributed by atoms with Gasteiger partial charge in [-0.25, -0.2) is 13.6 Å².